The molecular formula is C10H15NO3. The Labute approximate surface area is 82.9 Å². The molecule has 0 bridgehead atoms. The van der Waals surface area contributed by atoms with Crippen LogP contribution in [0.25, 0.3) is 0 Å². The molecule has 1 fully saturated rings. The third-order valence-electron chi connectivity index (χ3n) is 3.02. The Hall–Kier alpha value is -0.870. The zero-order chi connectivity index (χ0) is 10.2. The van der Waals surface area contributed by atoms with Gasteiger partial charge in [-0.1, -0.05) is 6.08 Å². The van der Waals surface area contributed by atoms with Crippen molar-refractivity contribution in [3.05, 3.63) is 12.2 Å². The molecule has 4 nitrogen and oxygen atoms in total. The molecule has 1 aliphatic carbocycles. The van der Waals surface area contributed by atoms with Crippen molar-refractivity contribution in [3.8, 4) is 0 Å². The second-order valence-electron chi connectivity index (χ2n) is 3.93. The molecule has 3 atom stereocenters. The summed E-state index contributed by atoms with van der Waals surface area (Å²) in [6.07, 6.45) is 4.46. The van der Waals surface area contributed by atoms with Gasteiger partial charge in [0.25, 0.3) is 0 Å². The van der Waals surface area contributed by atoms with Crippen LogP contribution in [0.5, 0.6) is 0 Å². The van der Waals surface area contributed by atoms with Crippen molar-refractivity contribution < 1.29 is 14.6 Å². The highest BCUT2D eigenvalue weighted by Crippen LogP contribution is 2.34. The molecule has 4 heteroatoms. The molecule has 78 valence electrons. The molecule has 1 spiro atoms. The molecule has 0 saturated carbocycles. The number of hydrogen-bond acceptors (Lipinski definition) is 4. The summed E-state index contributed by atoms with van der Waals surface area (Å²) in [4.78, 5) is 10.9. The van der Waals surface area contributed by atoms with E-state index >= 15 is 0 Å². The van der Waals surface area contributed by atoms with Crippen molar-refractivity contribution in [1.82, 2.24) is 5.32 Å². The maximum absolute atomic E-state index is 10.9. The lowest BCUT2D eigenvalue weighted by Crippen LogP contribution is -2.55. The first-order valence-electron chi connectivity index (χ1n) is 4.94. The first-order chi connectivity index (χ1) is 6.65. The van der Waals surface area contributed by atoms with Crippen molar-refractivity contribution >= 4 is 5.97 Å². The molecule has 1 saturated heterocycles. The molecule has 2 rings (SSSR count). The van der Waals surface area contributed by atoms with Crippen molar-refractivity contribution in [1.29, 1.82) is 0 Å². The topological polar surface area (TPSA) is 58.6 Å². The van der Waals surface area contributed by atoms with Gasteiger partial charge >= 0.3 is 5.97 Å². The van der Waals surface area contributed by atoms with E-state index < -0.39 is 11.6 Å². The van der Waals surface area contributed by atoms with Crippen LogP contribution in [0.2, 0.25) is 0 Å². The average molecular weight is 197 g/mol. The van der Waals surface area contributed by atoms with Crippen LogP contribution in [0.1, 0.15) is 19.8 Å². The quantitative estimate of drug-likeness (QED) is 0.458. The number of esters is 1. The average Bonchev–Trinajstić information content (AvgIpc) is 2.69. The lowest BCUT2D eigenvalue weighted by atomic mass is 9.90. The van der Waals surface area contributed by atoms with Gasteiger partial charge < -0.3 is 15.2 Å². The van der Waals surface area contributed by atoms with E-state index in [0.29, 0.717) is 0 Å². The fourth-order valence-corrected chi connectivity index (χ4v) is 2.33. The van der Waals surface area contributed by atoms with Crippen LogP contribution in [-0.2, 0) is 9.53 Å². The lowest BCUT2D eigenvalue weighted by molar-refractivity contribution is -0.148. The first-order valence-corrected chi connectivity index (χ1v) is 4.94. The summed E-state index contributed by atoms with van der Waals surface area (Å²) in [5, 5.41) is 13.1. The van der Waals surface area contributed by atoms with Crippen molar-refractivity contribution in [2.75, 3.05) is 6.54 Å². The van der Waals surface area contributed by atoms with Gasteiger partial charge in [-0.15, -0.1) is 0 Å². The van der Waals surface area contributed by atoms with Gasteiger partial charge in [0.05, 0.1) is 11.6 Å². The maximum atomic E-state index is 10.9. The van der Waals surface area contributed by atoms with Crippen molar-refractivity contribution in [2.45, 2.75) is 37.5 Å². The molecule has 0 radical (unpaired) electrons. The maximum Gasteiger partial charge on any atom is 0.303 e. The Morgan fingerprint density at radius 2 is 2.43 bits per heavy atom. The Morgan fingerprint density at radius 1 is 1.64 bits per heavy atom. The fourth-order valence-electron chi connectivity index (χ4n) is 2.33. The molecule has 0 aromatic rings. The molecular weight excluding hydrogens is 182 g/mol. The Balaban J connectivity index is 2.16. The molecule has 3 unspecified atom stereocenters. The molecule has 2 aliphatic rings. The molecule has 0 aromatic carbocycles. The van der Waals surface area contributed by atoms with Gasteiger partial charge in [-0.05, 0) is 25.5 Å². The number of aliphatic hydroxyl groups is 1. The van der Waals surface area contributed by atoms with Gasteiger partial charge in [-0.3, -0.25) is 4.79 Å². The monoisotopic (exact) mass is 197 g/mol. The number of nitrogens with one attached hydrogen (secondary N) is 1. The van der Waals surface area contributed by atoms with Crippen LogP contribution in [0, 0.1) is 0 Å². The summed E-state index contributed by atoms with van der Waals surface area (Å²) in [5.74, 6) is -0.304. The summed E-state index contributed by atoms with van der Waals surface area (Å²) >= 11 is 0. The molecule has 0 amide bonds. The highest BCUT2D eigenvalue weighted by molar-refractivity contribution is 5.66. The third-order valence-corrected chi connectivity index (χ3v) is 3.02. The molecule has 2 N–H and O–H groups in total. The van der Waals surface area contributed by atoms with Crippen LogP contribution >= 0.6 is 0 Å². The summed E-state index contributed by atoms with van der Waals surface area (Å²) in [5.41, 5.74) is -0.453. The predicted molar refractivity (Wildman–Crippen MR) is 50.7 cm³/mol. The van der Waals surface area contributed by atoms with Gasteiger partial charge in [-0.25, -0.2) is 0 Å². The minimum atomic E-state index is -0.547. The van der Waals surface area contributed by atoms with E-state index in [9.17, 15) is 9.90 Å². The Bertz CT molecular complexity index is 269. The lowest BCUT2D eigenvalue weighted by Gasteiger charge is -2.33. The normalized spacial score (nSPS) is 40.7. The minimum absolute atomic E-state index is 0.304. The number of ether oxygens (including phenoxy) is 1. The highest BCUT2D eigenvalue weighted by atomic mass is 16.5. The Kier molecular flexibility index (Phi) is 2.33. The fraction of sp³-hybridized carbons (Fsp3) is 0.700. The number of carbonyl (C=O) groups excluding carboxylic acids is 1. The van der Waals surface area contributed by atoms with E-state index in [1.165, 1.54) is 6.92 Å². The van der Waals surface area contributed by atoms with Gasteiger partial charge in [0.1, 0.15) is 6.10 Å². The van der Waals surface area contributed by atoms with Crippen molar-refractivity contribution in [2.24, 2.45) is 0 Å². The second-order valence-corrected chi connectivity index (χ2v) is 3.93. The van der Waals surface area contributed by atoms with Gasteiger partial charge in [-0.2, -0.15) is 0 Å². The zero-order valence-electron chi connectivity index (χ0n) is 8.19. The Morgan fingerprint density at radius 3 is 3.00 bits per heavy atom. The highest BCUT2D eigenvalue weighted by Gasteiger charge is 2.50. The summed E-state index contributed by atoms with van der Waals surface area (Å²) in [6, 6.07) is 0. The van der Waals surface area contributed by atoms with E-state index in [-0.39, 0.29) is 12.1 Å². The summed E-state index contributed by atoms with van der Waals surface area (Å²) < 4.78 is 5.17. The van der Waals surface area contributed by atoms with Gasteiger partial charge in [0, 0.05) is 6.92 Å². The van der Waals surface area contributed by atoms with Crippen LogP contribution in [0.3, 0.4) is 0 Å². The molecule has 1 heterocycles. The number of rotatable bonds is 1. The van der Waals surface area contributed by atoms with E-state index in [1.54, 1.807) is 12.2 Å². The standard InChI is InChI=1S/C10H15NO3/c1-7(12)14-9-4-3-8(13)10(9)5-2-6-11-10/h3-4,8-9,11,13H,2,5-6H2,1H3. The van der Waals surface area contributed by atoms with Crippen LogP contribution in [-0.4, -0.2) is 35.4 Å². The van der Waals surface area contributed by atoms with Crippen molar-refractivity contribution in [3.63, 3.8) is 0 Å². The van der Waals surface area contributed by atoms with E-state index in [4.69, 9.17) is 4.74 Å². The molecule has 1 aliphatic heterocycles. The minimum Gasteiger partial charge on any atom is -0.456 e. The molecule has 0 aromatic heterocycles. The van der Waals surface area contributed by atoms with Crippen LogP contribution in [0.4, 0.5) is 0 Å². The number of carbonyl (C=O) groups is 1. The molecule has 14 heavy (non-hydrogen) atoms. The number of hydrogen-bond donors (Lipinski definition) is 2. The smallest absolute Gasteiger partial charge is 0.303 e. The largest absolute Gasteiger partial charge is 0.456 e. The van der Waals surface area contributed by atoms with Gasteiger partial charge in [0.2, 0.25) is 0 Å². The van der Waals surface area contributed by atoms with Gasteiger partial charge in [0.15, 0.2) is 0 Å². The SMILES string of the molecule is CC(=O)OC1C=CC(O)C12CCCN2. The second kappa shape index (κ2) is 3.37. The first kappa shape index (κ1) is 9.68. The van der Waals surface area contributed by atoms with E-state index in [2.05, 4.69) is 5.32 Å². The summed E-state index contributed by atoms with van der Waals surface area (Å²) in [7, 11) is 0. The van der Waals surface area contributed by atoms with Crippen LogP contribution < -0.4 is 5.32 Å². The number of aliphatic hydroxyl groups excluding tert-OH is 1. The van der Waals surface area contributed by atoms with E-state index in [0.717, 1.165) is 19.4 Å². The third kappa shape index (κ3) is 1.35. The van der Waals surface area contributed by atoms with E-state index in [1.807, 2.05) is 0 Å². The summed E-state index contributed by atoms with van der Waals surface area (Å²) in [6.45, 7) is 2.26. The van der Waals surface area contributed by atoms with Crippen LogP contribution in [0.15, 0.2) is 12.2 Å². The zero-order valence-corrected chi connectivity index (χ0v) is 8.19. The predicted octanol–water partition coefficient (Wildman–Crippen LogP) is -0.0290.